The smallest absolute Gasteiger partial charge is 0.294 e. The van der Waals surface area contributed by atoms with E-state index in [-0.39, 0.29) is 17.6 Å². The lowest BCUT2D eigenvalue weighted by atomic mass is 10.00. The Morgan fingerprint density at radius 1 is 1.14 bits per heavy atom. The predicted molar refractivity (Wildman–Crippen MR) is 113 cm³/mol. The van der Waals surface area contributed by atoms with Crippen LogP contribution in [-0.2, 0) is 0 Å². The standard InChI is InChI=1S/C23H26N4O2/c1-3-26(18-11-5-4-6-12-18)23(29)21-24-20(19-13-7-8-15-27(19)21)22(28)25-14-9-10-17(2)16-25/h4-8,11-13,15,17H,3,9-10,14,16H2,1-2H3. The van der Waals surface area contributed by atoms with E-state index in [2.05, 4.69) is 11.9 Å². The first kappa shape index (κ1) is 19.2. The lowest BCUT2D eigenvalue weighted by Gasteiger charge is -2.30. The van der Waals surface area contributed by atoms with Gasteiger partial charge in [0, 0.05) is 31.5 Å². The fourth-order valence-electron chi connectivity index (χ4n) is 4.04. The molecule has 1 aliphatic heterocycles. The first-order chi connectivity index (χ1) is 14.1. The normalized spacial score (nSPS) is 16.8. The Kier molecular flexibility index (Phi) is 5.34. The van der Waals surface area contributed by atoms with Crippen LogP contribution >= 0.6 is 0 Å². The van der Waals surface area contributed by atoms with Crippen LogP contribution in [0.25, 0.3) is 5.52 Å². The average molecular weight is 390 g/mol. The number of hydrogen-bond donors (Lipinski definition) is 0. The minimum atomic E-state index is -0.217. The number of amides is 2. The molecule has 0 bridgehead atoms. The van der Waals surface area contributed by atoms with Crippen LogP contribution in [0.4, 0.5) is 5.69 Å². The first-order valence-corrected chi connectivity index (χ1v) is 10.2. The van der Waals surface area contributed by atoms with Crippen LogP contribution in [0.15, 0.2) is 54.7 Å². The maximum absolute atomic E-state index is 13.4. The van der Waals surface area contributed by atoms with Crippen LogP contribution in [0.1, 0.15) is 47.8 Å². The van der Waals surface area contributed by atoms with Crippen LogP contribution in [0.5, 0.6) is 0 Å². The number of piperidine rings is 1. The highest BCUT2D eigenvalue weighted by molar-refractivity contribution is 6.07. The maximum Gasteiger partial charge on any atom is 0.294 e. The van der Waals surface area contributed by atoms with Crippen molar-refractivity contribution < 1.29 is 9.59 Å². The Balaban J connectivity index is 1.74. The molecule has 0 radical (unpaired) electrons. The molecule has 2 amide bonds. The summed E-state index contributed by atoms with van der Waals surface area (Å²) in [6.45, 7) is 6.08. The molecule has 150 valence electrons. The molecule has 1 unspecified atom stereocenters. The molecule has 0 saturated carbocycles. The molecule has 0 N–H and O–H groups in total. The van der Waals surface area contributed by atoms with E-state index >= 15 is 0 Å². The number of carbonyl (C=O) groups is 2. The summed E-state index contributed by atoms with van der Waals surface area (Å²) in [6.07, 6.45) is 3.94. The van der Waals surface area contributed by atoms with Gasteiger partial charge < -0.3 is 9.80 Å². The van der Waals surface area contributed by atoms with Crippen molar-refractivity contribution in [1.82, 2.24) is 14.3 Å². The van der Waals surface area contributed by atoms with Crippen molar-refractivity contribution in [2.45, 2.75) is 26.7 Å². The predicted octanol–water partition coefficient (Wildman–Crippen LogP) is 3.87. The van der Waals surface area contributed by atoms with E-state index in [9.17, 15) is 9.59 Å². The highest BCUT2D eigenvalue weighted by atomic mass is 16.2. The summed E-state index contributed by atoms with van der Waals surface area (Å²) < 4.78 is 1.73. The minimum absolute atomic E-state index is 0.0953. The molecule has 1 atom stereocenters. The largest absolute Gasteiger partial charge is 0.337 e. The minimum Gasteiger partial charge on any atom is -0.337 e. The Bertz CT molecular complexity index is 1030. The zero-order valence-corrected chi connectivity index (χ0v) is 16.9. The molecule has 0 spiro atoms. The summed E-state index contributed by atoms with van der Waals surface area (Å²) in [7, 11) is 0. The summed E-state index contributed by atoms with van der Waals surface area (Å²) in [5.41, 5.74) is 1.83. The molecule has 1 saturated heterocycles. The molecular weight excluding hydrogens is 364 g/mol. The Morgan fingerprint density at radius 3 is 2.62 bits per heavy atom. The van der Waals surface area contributed by atoms with Gasteiger partial charge in [0.2, 0.25) is 5.82 Å². The maximum atomic E-state index is 13.4. The third kappa shape index (κ3) is 3.62. The van der Waals surface area contributed by atoms with Crippen LogP contribution in [0.3, 0.4) is 0 Å². The van der Waals surface area contributed by atoms with Gasteiger partial charge in [-0.3, -0.25) is 14.0 Å². The topological polar surface area (TPSA) is 57.9 Å². The molecule has 29 heavy (non-hydrogen) atoms. The molecule has 6 nitrogen and oxygen atoms in total. The van der Waals surface area contributed by atoms with Gasteiger partial charge in [-0.05, 0) is 49.9 Å². The zero-order valence-electron chi connectivity index (χ0n) is 16.9. The quantitative estimate of drug-likeness (QED) is 0.679. The van der Waals surface area contributed by atoms with Gasteiger partial charge in [-0.25, -0.2) is 4.98 Å². The Hall–Kier alpha value is -3.15. The molecule has 3 aromatic rings. The molecule has 1 fully saturated rings. The van der Waals surface area contributed by atoms with Crippen molar-refractivity contribution in [3.63, 3.8) is 0 Å². The molecule has 6 heteroatoms. The number of anilines is 1. The third-order valence-electron chi connectivity index (χ3n) is 5.52. The number of para-hydroxylation sites is 1. The second-order valence-corrected chi connectivity index (χ2v) is 7.62. The van der Waals surface area contributed by atoms with Crippen molar-refractivity contribution >= 4 is 23.0 Å². The fraction of sp³-hybridized carbons (Fsp3) is 0.348. The summed E-state index contributed by atoms with van der Waals surface area (Å²) >= 11 is 0. The summed E-state index contributed by atoms with van der Waals surface area (Å²) in [5.74, 6) is 0.434. The average Bonchev–Trinajstić information content (AvgIpc) is 3.14. The van der Waals surface area contributed by atoms with Crippen LogP contribution in [0, 0.1) is 5.92 Å². The van der Waals surface area contributed by atoms with Crippen molar-refractivity contribution in [2.75, 3.05) is 24.5 Å². The second-order valence-electron chi connectivity index (χ2n) is 7.62. The van der Waals surface area contributed by atoms with Crippen molar-refractivity contribution in [1.29, 1.82) is 0 Å². The summed E-state index contributed by atoms with van der Waals surface area (Å²) in [5, 5.41) is 0. The van der Waals surface area contributed by atoms with E-state index in [1.54, 1.807) is 15.5 Å². The van der Waals surface area contributed by atoms with Crippen LogP contribution in [-0.4, -0.2) is 45.7 Å². The lowest BCUT2D eigenvalue weighted by molar-refractivity contribution is 0.0679. The highest BCUT2D eigenvalue weighted by Crippen LogP contribution is 2.22. The number of carbonyl (C=O) groups excluding carboxylic acids is 2. The molecule has 1 aromatic carbocycles. The number of hydrogen-bond acceptors (Lipinski definition) is 3. The number of likely N-dealkylation sites (tertiary alicyclic amines) is 1. The number of fused-ring (bicyclic) bond motifs is 1. The van der Waals surface area contributed by atoms with E-state index in [0.29, 0.717) is 23.7 Å². The summed E-state index contributed by atoms with van der Waals surface area (Å²) in [6, 6.07) is 15.1. The summed E-state index contributed by atoms with van der Waals surface area (Å²) in [4.78, 5) is 34.7. The SMILES string of the molecule is CCN(C(=O)c1nc(C(=O)N2CCCC(C)C2)c2ccccn12)c1ccccc1. The third-order valence-corrected chi connectivity index (χ3v) is 5.52. The van der Waals surface area contributed by atoms with Gasteiger partial charge in [0.15, 0.2) is 5.69 Å². The number of rotatable bonds is 4. The van der Waals surface area contributed by atoms with E-state index < -0.39 is 0 Å². The number of nitrogens with zero attached hydrogens (tertiary/aromatic N) is 4. The van der Waals surface area contributed by atoms with Crippen LogP contribution < -0.4 is 4.90 Å². The number of aromatic nitrogens is 2. The van der Waals surface area contributed by atoms with Gasteiger partial charge in [-0.1, -0.05) is 31.2 Å². The van der Waals surface area contributed by atoms with Gasteiger partial charge in [-0.2, -0.15) is 0 Å². The number of pyridine rings is 1. The van der Waals surface area contributed by atoms with Gasteiger partial charge in [0.1, 0.15) is 0 Å². The Labute approximate surface area is 170 Å². The lowest BCUT2D eigenvalue weighted by Crippen LogP contribution is -2.39. The van der Waals surface area contributed by atoms with E-state index in [4.69, 9.17) is 0 Å². The second kappa shape index (κ2) is 8.07. The van der Waals surface area contributed by atoms with Crippen molar-refractivity contribution in [3.05, 3.63) is 66.2 Å². The molecule has 4 rings (SSSR count). The van der Waals surface area contributed by atoms with Gasteiger partial charge in [-0.15, -0.1) is 0 Å². The fourth-order valence-corrected chi connectivity index (χ4v) is 4.04. The highest BCUT2D eigenvalue weighted by Gasteiger charge is 2.29. The first-order valence-electron chi connectivity index (χ1n) is 10.2. The van der Waals surface area contributed by atoms with E-state index in [0.717, 1.165) is 31.6 Å². The van der Waals surface area contributed by atoms with Gasteiger partial charge >= 0.3 is 0 Å². The van der Waals surface area contributed by atoms with Gasteiger partial charge in [0.05, 0.1) is 5.52 Å². The molecule has 3 heterocycles. The zero-order chi connectivity index (χ0) is 20.4. The monoisotopic (exact) mass is 390 g/mol. The molecule has 0 aliphatic carbocycles. The Morgan fingerprint density at radius 2 is 1.90 bits per heavy atom. The molecule has 2 aromatic heterocycles. The van der Waals surface area contributed by atoms with Crippen molar-refractivity contribution in [2.24, 2.45) is 5.92 Å². The van der Waals surface area contributed by atoms with Crippen LogP contribution in [0.2, 0.25) is 0 Å². The molecule has 1 aliphatic rings. The number of benzene rings is 1. The number of imidazole rings is 1. The van der Waals surface area contributed by atoms with Crippen molar-refractivity contribution in [3.8, 4) is 0 Å². The van der Waals surface area contributed by atoms with Gasteiger partial charge in [0.25, 0.3) is 11.8 Å². The van der Waals surface area contributed by atoms with E-state index in [1.165, 1.54) is 0 Å². The van der Waals surface area contributed by atoms with E-state index in [1.807, 2.05) is 60.4 Å². The molecular formula is C23H26N4O2.